The van der Waals surface area contributed by atoms with Crippen molar-refractivity contribution in [1.29, 1.82) is 0 Å². The van der Waals surface area contributed by atoms with Crippen LogP contribution in [0, 0.1) is 11.7 Å². The molecule has 1 aromatic heterocycles. The van der Waals surface area contributed by atoms with Crippen molar-refractivity contribution >= 4 is 15.9 Å². The molecular formula is C16H18BrFN2. The SMILES string of the molecule is CNC(c1ccn(Cc2cc(F)cc(Br)c2)c1)C1CC1. The molecule has 1 N–H and O–H groups in total. The molecule has 0 radical (unpaired) electrons. The molecule has 20 heavy (non-hydrogen) atoms. The fraction of sp³-hybridized carbons (Fsp3) is 0.375. The van der Waals surface area contributed by atoms with Crippen LogP contribution in [0.3, 0.4) is 0 Å². The van der Waals surface area contributed by atoms with E-state index in [-0.39, 0.29) is 5.82 Å². The Balaban J connectivity index is 1.76. The van der Waals surface area contributed by atoms with E-state index < -0.39 is 0 Å². The minimum atomic E-state index is -0.201. The van der Waals surface area contributed by atoms with E-state index in [0.29, 0.717) is 12.6 Å². The van der Waals surface area contributed by atoms with E-state index in [9.17, 15) is 4.39 Å². The van der Waals surface area contributed by atoms with E-state index >= 15 is 0 Å². The van der Waals surface area contributed by atoms with Crippen molar-refractivity contribution < 1.29 is 4.39 Å². The van der Waals surface area contributed by atoms with Crippen molar-refractivity contribution in [2.45, 2.75) is 25.4 Å². The lowest BCUT2D eigenvalue weighted by atomic mass is 10.1. The van der Waals surface area contributed by atoms with Crippen molar-refractivity contribution in [3.63, 3.8) is 0 Å². The summed E-state index contributed by atoms with van der Waals surface area (Å²) in [5.41, 5.74) is 2.29. The fourth-order valence-electron chi connectivity index (χ4n) is 2.76. The van der Waals surface area contributed by atoms with Gasteiger partial charge < -0.3 is 9.88 Å². The molecule has 0 aliphatic heterocycles. The zero-order valence-electron chi connectivity index (χ0n) is 11.4. The molecule has 1 saturated carbocycles. The van der Waals surface area contributed by atoms with Crippen LogP contribution in [0.5, 0.6) is 0 Å². The molecule has 0 spiro atoms. The van der Waals surface area contributed by atoms with Gasteiger partial charge in [0.05, 0.1) is 0 Å². The third kappa shape index (κ3) is 3.13. The van der Waals surface area contributed by atoms with Crippen LogP contribution >= 0.6 is 15.9 Å². The second kappa shape index (κ2) is 5.70. The fourth-order valence-corrected chi connectivity index (χ4v) is 3.27. The minimum absolute atomic E-state index is 0.201. The van der Waals surface area contributed by atoms with Gasteiger partial charge in [0.15, 0.2) is 0 Å². The molecule has 1 heterocycles. The van der Waals surface area contributed by atoms with Crippen LogP contribution in [0.15, 0.2) is 41.1 Å². The summed E-state index contributed by atoms with van der Waals surface area (Å²) >= 11 is 3.33. The molecule has 0 bridgehead atoms. The lowest BCUT2D eigenvalue weighted by molar-refractivity contribution is 0.528. The van der Waals surface area contributed by atoms with Gasteiger partial charge in [0.1, 0.15) is 5.82 Å². The van der Waals surface area contributed by atoms with Gasteiger partial charge in [0.2, 0.25) is 0 Å². The monoisotopic (exact) mass is 336 g/mol. The highest BCUT2D eigenvalue weighted by molar-refractivity contribution is 9.10. The number of hydrogen-bond donors (Lipinski definition) is 1. The first-order valence-electron chi connectivity index (χ1n) is 6.93. The first kappa shape index (κ1) is 13.8. The summed E-state index contributed by atoms with van der Waals surface area (Å²) < 4.78 is 16.3. The molecule has 1 aromatic carbocycles. The Morgan fingerprint density at radius 3 is 2.85 bits per heavy atom. The van der Waals surface area contributed by atoms with E-state index in [4.69, 9.17) is 0 Å². The van der Waals surface area contributed by atoms with E-state index in [1.54, 1.807) is 6.07 Å². The average molecular weight is 337 g/mol. The lowest BCUT2D eigenvalue weighted by Gasteiger charge is -2.13. The summed E-state index contributed by atoms with van der Waals surface area (Å²) in [4.78, 5) is 0. The van der Waals surface area contributed by atoms with Gasteiger partial charge in [-0.25, -0.2) is 4.39 Å². The van der Waals surface area contributed by atoms with E-state index in [2.05, 4.69) is 44.3 Å². The van der Waals surface area contributed by atoms with E-state index in [1.165, 1.54) is 24.5 Å². The Morgan fingerprint density at radius 1 is 1.40 bits per heavy atom. The number of aromatic nitrogens is 1. The first-order chi connectivity index (χ1) is 9.65. The second-order valence-corrected chi connectivity index (χ2v) is 6.41. The Kier molecular flexibility index (Phi) is 3.94. The number of benzene rings is 1. The van der Waals surface area contributed by atoms with Gasteiger partial charge in [0, 0.05) is 29.5 Å². The van der Waals surface area contributed by atoms with Gasteiger partial charge >= 0.3 is 0 Å². The molecular weight excluding hydrogens is 319 g/mol. The Hall–Kier alpha value is -1.13. The maximum Gasteiger partial charge on any atom is 0.124 e. The first-order valence-corrected chi connectivity index (χ1v) is 7.73. The van der Waals surface area contributed by atoms with Gasteiger partial charge in [-0.2, -0.15) is 0 Å². The second-order valence-electron chi connectivity index (χ2n) is 5.50. The molecule has 4 heteroatoms. The van der Waals surface area contributed by atoms with Crippen LogP contribution in [-0.4, -0.2) is 11.6 Å². The van der Waals surface area contributed by atoms with Crippen LogP contribution in [0.2, 0.25) is 0 Å². The van der Waals surface area contributed by atoms with Gasteiger partial charge in [-0.3, -0.25) is 0 Å². The molecule has 2 nitrogen and oxygen atoms in total. The number of nitrogens with zero attached hydrogens (tertiary/aromatic N) is 1. The molecule has 0 saturated heterocycles. The summed E-state index contributed by atoms with van der Waals surface area (Å²) in [6.45, 7) is 0.692. The summed E-state index contributed by atoms with van der Waals surface area (Å²) in [5.74, 6) is 0.576. The van der Waals surface area contributed by atoms with Crippen molar-refractivity contribution in [1.82, 2.24) is 9.88 Å². The highest BCUT2D eigenvalue weighted by Gasteiger charge is 2.31. The zero-order chi connectivity index (χ0) is 14.1. The molecule has 1 unspecified atom stereocenters. The highest BCUT2D eigenvalue weighted by atomic mass is 79.9. The molecule has 106 valence electrons. The summed E-state index contributed by atoms with van der Waals surface area (Å²) in [5, 5.41) is 3.39. The van der Waals surface area contributed by atoms with Crippen molar-refractivity contribution in [3.05, 3.63) is 58.1 Å². The topological polar surface area (TPSA) is 17.0 Å². The van der Waals surface area contributed by atoms with Crippen molar-refractivity contribution in [2.24, 2.45) is 5.92 Å². The van der Waals surface area contributed by atoms with Crippen molar-refractivity contribution in [2.75, 3.05) is 7.05 Å². The van der Waals surface area contributed by atoms with Gasteiger partial charge in [-0.05, 0) is 61.2 Å². The number of hydrogen-bond acceptors (Lipinski definition) is 1. The zero-order valence-corrected chi connectivity index (χ0v) is 13.0. The molecule has 3 rings (SSSR count). The quantitative estimate of drug-likeness (QED) is 0.869. The molecule has 1 fully saturated rings. The maximum absolute atomic E-state index is 13.4. The van der Waals surface area contributed by atoms with E-state index in [0.717, 1.165) is 16.0 Å². The third-order valence-corrected chi connectivity index (χ3v) is 4.28. The van der Waals surface area contributed by atoms with Crippen LogP contribution in [0.1, 0.15) is 30.0 Å². The largest absolute Gasteiger partial charge is 0.350 e. The van der Waals surface area contributed by atoms with Crippen molar-refractivity contribution in [3.8, 4) is 0 Å². The average Bonchev–Trinajstić information content (AvgIpc) is 3.10. The Labute approximate surface area is 127 Å². The summed E-state index contributed by atoms with van der Waals surface area (Å²) in [6, 6.07) is 7.64. The van der Waals surface area contributed by atoms with Crippen LogP contribution in [0.4, 0.5) is 4.39 Å². The minimum Gasteiger partial charge on any atom is -0.350 e. The van der Waals surface area contributed by atoms with E-state index in [1.807, 2.05) is 13.1 Å². The van der Waals surface area contributed by atoms with Crippen LogP contribution in [0.25, 0.3) is 0 Å². The summed E-state index contributed by atoms with van der Waals surface area (Å²) in [6.07, 6.45) is 6.86. The van der Waals surface area contributed by atoms with Gasteiger partial charge in [-0.1, -0.05) is 15.9 Å². The molecule has 0 amide bonds. The Morgan fingerprint density at radius 2 is 2.20 bits per heavy atom. The van der Waals surface area contributed by atoms with Gasteiger partial charge in [0.25, 0.3) is 0 Å². The standard InChI is InChI=1S/C16H18BrFN2/c1-19-16(12-2-3-12)13-4-5-20(10-13)9-11-6-14(17)8-15(18)7-11/h4-8,10,12,16,19H,2-3,9H2,1H3. The maximum atomic E-state index is 13.4. The third-order valence-electron chi connectivity index (χ3n) is 3.82. The molecule has 1 atom stereocenters. The molecule has 1 aliphatic carbocycles. The Bertz CT molecular complexity index is 584. The summed E-state index contributed by atoms with van der Waals surface area (Å²) in [7, 11) is 2.02. The smallest absolute Gasteiger partial charge is 0.124 e. The lowest BCUT2D eigenvalue weighted by Crippen LogP contribution is -2.17. The predicted molar refractivity (Wildman–Crippen MR) is 82.2 cm³/mol. The normalized spacial score (nSPS) is 16.4. The molecule has 1 aliphatic rings. The van der Waals surface area contributed by atoms with Gasteiger partial charge in [-0.15, -0.1) is 0 Å². The van der Waals surface area contributed by atoms with Crippen LogP contribution in [-0.2, 0) is 6.54 Å². The highest BCUT2D eigenvalue weighted by Crippen LogP contribution is 2.40. The predicted octanol–water partition coefficient (Wildman–Crippen LogP) is 4.11. The molecule has 2 aromatic rings. The number of rotatable bonds is 5. The van der Waals surface area contributed by atoms with Crippen LogP contribution < -0.4 is 5.32 Å². The number of nitrogens with one attached hydrogen (secondary N) is 1. The number of halogens is 2.